The summed E-state index contributed by atoms with van der Waals surface area (Å²) in [5.74, 6) is 2.51. The van der Waals surface area contributed by atoms with Gasteiger partial charge >= 0.3 is 0 Å². The van der Waals surface area contributed by atoms with Gasteiger partial charge in [-0.25, -0.2) is 4.98 Å². The van der Waals surface area contributed by atoms with Gasteiger partial charge in [0.25, 0.3) is 0 Å². The van der Waals surface area contributed by atoms with Crippen molar-refractivity contribution in [3.63, 3.8) is 0 Å². The van der Waals surface area contributed by atoms with Gasteiger partial charge in [-0.1, -0.05) is 26.2 Å². The Hall–Kier alpha value is -1.25. The quantitative estimate of drug-likeness (QED) is 0.813. The molecule has 2 rings (SSSR count). The summed E-state index contributed by atoms with van der Waals surface area (Å²) in [5.41, 5.74) is 0. The average Bonchev–Trinajstić information content (AvgIpc) is 2.56. The molecule has 2 atom stereocenters. The van der Waals surface area contributed by atoms with Crippen molar-refractivity contribution in [3.05, 3.63) is 18.3 Å². The van der Waals surface area contributed by atoms with Crippen LogP contribution in [0.25, 0.3) is 0 Å². The summed E-state index contributed by atoms with van der Waals surface area (Å²) in [5, 5.41) is 3.56. The zero-order chi connectivity index (χ0) is 12.1. The van der Waals surface area contributed by atoms with Crippen LogP contribution in [0.3, 0.4) is 0 Å². The first kappa shape index (κ1) is 12.2. The third-order valence-electron chi connectivity index (χ3n) is 3.67. The first-order valence-corrected chi connectivity index (χ1v) is 6.56. The van der Waals surface area contributed by atoms with Crippen molar-refractivity contribution in [1.29, 1.82) is 0 Å². The Morgan fingerprint density at radius 1 is 1.24 bits per heavy atom. The number of hydrogen-bond donors (Lipinski definition) is 1. The number of ether oxygens (including phenoxy) is 1. The number of nitrogens with one attached hydrogen (secondary N) is 1. The molecule has 1 aliphatic rings. The van der Waals surface area contributed by atoms with Gasteiger partial charge in [-0.3, -0.25) is 0 Å². The van der Waals surface area contributed by atoms with Crippen LogP contribution in [-0.4, -0.2) is 18.1 Å². The monoisotopic (exact) mass is 234 g/mol. The van der Waals surface area contributed by atoms with Crippen LogP contribution in [0.5, 0.6) is 5.75 Å². The lowest BCUT2D eigenvalue weighted by atomic mass is 9.97. The summed E-state index contributed by atoms with van der Waals surface area (Å²) in [6.45, 7) is 2.34. The molecule has 1 N–H and O–H groups in total. The minimum absolute atomic E-state index is 0.568. The second-order valence-electron chi connectivity index (χ2n) is 4.95. The van der Waals surface area contributed by atoms with Gasteiger partial charge in [-0.15, -0.1) is 0 Å². The van der Waals surface area contributed by atoms with Crippen LogP contribution < -0.4 is 10.1 Å². The Morgan fingerprint density at radius 3 is 2.76 bits per heavy atom. The van der Waals surface area contributed by atoms with E-state index in [2.05, 4.69) is 17.2 Å². The first-order chi connectivity index (χ1) is 8.29. The zero-order valence-corrected chi connectivity index (χ0v) is 10.8. The minimum atomic E-state index is 0.568. The van der Waals surface area contributed by atoms with Gasteiger partial charge in [-0.2, -0.15) is 0 Å². The number of aromatic nitrogens is 1. The van der Waals surface area contributed by atoms with Crippen LogP contribution in [-0.2, 0) is 0 Å². The molecule has 94 valence electrons. The highest BCUT2D eigenvalue weighted by Crippen LogP contribution is 2.25. The second-order valence-corrected chi connectivity index (χ2v) is 4.95. The number of methoxy groups -OCH3 is 1. The second kappa shape index (κ2) is 5.89. The standard InChI is InChI=1S/C14H22N2O/c1-11-6-4-3-5-7-13(11)16-14-9-8-12(17-2)10-15-14/h8-11,13H,3-7H2,1-2H3,(H,15,16). The largest absolute Gasteiger partial charge is 0.495 e. The minimum Gasteiger partial charge on any atom is -0.495 e. The summed E-state index contributed by atoms with van der Waals surface area (Å²) in [6.07, 6.45) is 8.43. The van der Waals surface area contributed by atoms with Crippen LogP contribution in [0.2, 0.25) is 0 Å². The van der Waals surface area contributed by atoms with Crippen molar-refractivity contribution in [2.75, 3.05) is 12.4 Å². The van der Waals surface area contributed by atoms with Crippen LogP contribution in [0.1, 0.15) is 39.0 Å². The molecule has 3 nitrogen and oxygen atoms in total. The summed E-state index contributed by atoms with van der Waals surface area (Å²) in [7, 11) is 1.66. The summed E-state index contributed by atoms with van der Waals surface area (Å²) >= 11 is 0. The lowest BCUT2D eigenvalue weighted by Crippen LogP contribution is -2.26. The third-order valence-corrected chi connectivity index (χ3v) is 3.67. The molecule has 0 spiro atoms. The van der Waals surface area contributed by atoms with Crippen LogP contribution in [0.4, 0.5) is 5.82 Å². The van der Waals surface area contributed by atoms with Crippen molar-refractivity contribution in [1.82, 2.24) is 4.98 Å². The SMILES string of the molecule is COc1ccc(NC2CCCCCC2C)nc1. The van der Waals surface area contributed by atoms with E-state index >= 15 is 0 Å². The summed E-state index contributed by atoms with van der Waals surface area (Å²) in [6, 6.07) is 4.52. The molecule has 0 radical (unpaired) electrons. The van der Waals surface area contributed by atoms with E-state index in [9.17, 15) is 0 Å². The van der Waals surface area contributed by atoms with Gasteiger partial charge < -0.3 is 10.1 Å². The van der Waals surface area contributed by atoms with E-state index in [-0.39, 0.29) is 0 Å². The molecule has 1 aromatic rings. The van der Waals surface area contributed by atoms with Crippen LogP contribution in [0, 0.1) is 5.92 Å². The molecule has 3 heteroatoms. The van der Waals surface area contributed by atoms with E-state index in [1.807, 2.05) is 12.1 Å². The maximum atomic E-state index is 5.11. The normalized spacial score (nSPS) is 25.1. The Labute approximate surface area is 104 Å². The molecule has 0 bridgehead atoms. The predicted octanol–water partition coefficient (Wildman–Crippen LogP) is 3.47. The van der Waals surface area contributed by atoms with Crippen molar-refractivity contribution in [2.45, 2.75) is 45.1 Å². The Balaban J connectivity index is 1.98. The number of hydrogen-bond acceptors (Lipinski definition) is 3. The average molecular weight is 234 g/mol. The highest BCUT2D eigenvalue weighted by molar-refractivity contribution is 5.38. The van der Waals surface area contributed by atoms with Gasteiger partial charge in [0.05, 0.1) is 13.3 Å². The van der Waals surface area contributed by atoms with Crippen LogP contribution in [0.15, 0.2) is 18.3 Å². The van der Waals surface area contributed by atoms with E-state index in [0.29, 0.717) is 6.04 Å². The zero-order valence-electron chi connectivity index (χ0n) is 10.8. The summed E-state index contributed by atoms with van der Waals surface area (Å²) < 4.78 is 5.11. The Morgan fingerprint density at radius 2 is 2.06 bits per heavy atom. The first-order valence-electron chi connectivity index (χ1n) is 6.56. The van der Waals surface area contributed by atoms with Crippen molar-refractivity contribution in [2.24, 2.45) is 5.92 Å². The molecule has 0 amide bonds. The van der Waals surface area contributed by atoms with E-state index < -0.39 is 0 Å². The molecule has 0 aliphatic heterocycles. The fourth-order valence-electron chi connectivity index (χ4n) is 2.48. The molecule has 1 heterocycles. The maximum Gasteiger partial charge on any atom is 0.137 e. The number of nitrogens with zero attached hydrogens (tertiary/aromatic N) is 1. The smallest absolute Gasteiger partial charge is 0.137 e. The fraction of sp³-hybridized carbons (Fsp3) is 0.643. The molecule has 2 unspecified atom stereocenters. The topological polar surface area (TPSA) is 34.1 Å². The molecular formula is C14H22N2O. The van der Waals surface area contributed by atoms with Gasteiger partial charge in [0.15, 0.2) is 0 Å². The third kappa shape index (κ3) is 3.35. The van der Waals surface area contributed by atoms with Crippen molar-refractivity contribution in [3.8, 4) is 5.75 Å². The lowest BCUT2D eigenvalue weighted by Gasteiger charge is -2.23. The molecule has 17 heavy (non-hydrogen) atoms. The predicted molar refractivity (Wildman–Crippen MR) is 70.4 cm³/mol. The molecule has 1 saturated carbocycles. The molecule has 1 fully saturated rings. The molecule has 1 aromatic heterocycles. The molecule has 0 aromatic carbocycles. The van der Waals surface area contributed by atoms with E-state index in [1.54, 1.807) is 13.3 Å². The lowest BCUT2D eigenvalue weighted by molar-refractivity contribution is 0.412. The summed E-state index contributed by atoms with van der Waals surface area (Å²) in [4.78, 5) is 4.37. The van der Waals surface area contributed by atoms with Gasteiger partial charge in [0.2, 0.25) is 0 Å². The molecule has 1 aliphatic carbocycles. The van der Waals surface area contributed by atoms with Crippen LogP contribution >= 0.6 is 0 Å². The number of rotatable bonds is 3. The van der Waals surface area contributed by atoms with Crippen molar-refractivity contribution >= 4 is 5.82 Å². The van der Waals surface area contributed by atoms with Gasteiger partial charge in [0.1, 0.15) is 11.6 Å². The van der Waals surface area contributed by atoms with Crippen molar-refractivity contribution < 1.29 is 4.74 Å². The van der Waals surface area contributed by atoms with E-state index in [4.69, 9.17) is 4.74 Å². The Kier molecular flexibility index (Phi) is 4.24. The van der Waals surface area contributed by atoms with E-state index in [0.717, 1.165) is 17.5 Å². The van der Waals surface area contributed by atoms with Gasteiger partial charge in [-0.05, 0) is 30.9 Å². The number of anilines is 1. The highest BCUT2D eigenvalue weighted by Gasteiger charge is 2.19. The molecule has 0 saturated heterocycles. The highest BCUT2D eigenvalue weighted by atomic mass is 16.5. The number of pyridine rings is 1. The van der Waals surface area contributed by atoms with Gasteiger partial charge in [0, 0.05) is 6.04 Å². The van der Waals surface area contributed by atoms with E-state index in [1.165, 1.54) is 32.1 Å². The maximum absolute atomic E-state index is 5.11. The molecular weight excluding hydrogens is 212 g/mol. The Bertz CT molecular complexity index is 337. The fourth-order valence-corrected chi connectivity index (χ4v) is 2.48.